The summed E-state index contributed by atoms with van der Waals surface area (Å²) in [6, 6.07) is 0.150. The van der Waals surface area contributed by atoms with Gasteiger partial charge >= 0.3 is 13.3 Å². The Morgan fingerprint density at radius 3 is 2.50 bits per heavy atom. The Labute approximate surface area is 186 Å². The molecule has 1 unspecified atom stereocenters. The van der Waals surface area contributed by atoms with E-state index in [1.165, 1.54) is 11.8 Å². The predicted octanol–water partition coefficient (Wildman–Crippen LogP) is 0.217. The SMILES string of the molecule is CC(C)C[C@H](NC(=O)[C@H](COC[C@H]1CCCN1C(=O)C(C)C#N)NCC(F)(F)F)B(O)O. The number of likely N-dealkylation sites (tertiary alicyclic amines) is 1. The van der Waals surface area contributed by atoms with E-state index in [1.54, 1.807) is 13.8 Å². The number of nitrogens with zero attached hydrogens (tertiary/aromatic N) is 2. The number of halogens is 3. The number of ether oxygens (including phenoxy) is 1. The number of carbonyl (C=O) groups excluding carboxylic acids is 2. The average Bonchev–Trinajstić information content (AvgIpc) is 3.15. The Kier molecular flexibility index (Phi) is 11.4. The maximum Gasteiger partial charge on any atom is 0.475 e. The Hall–Kier alpha value is -1.88. The molecule has 1 rings (SSSR count). The van der Waals surface area contributed by atoms with Gasteiger partial charge in [-0.15, -0.1) is 0 Å². The van der Waals surface area contributed by atoms with Crippen molar-refractivity contribution < 1.29 is 37.5 Å². The molecule has 1 saturated heterocycles. The fourth-order valence-electron chi connectivity index (χ4n) is 3.44. The van der Waals surface area contributed by atoms with Gasteiger partial charge in [-0.1, -0.05) is 13.8 Å². The van der Waals surface area contributed by atoms with Gasteiger partial charge in [0.2, 0.25) is 11.8 Å². The summed E-state index contributed by atoms with van der Waals surface area (Å²) in [6.07, 6.45) is -3.02. The summed E-state index contributed by atoms with van der Waals surface area (Å²) in [6.45, 7) is 3.70. The second-order valence-electron chi connectivity index (χ2n) is 8.42. The van der Waals surface area contributed by atoms with Crippen LogP contribution in [0.5, 0.6) is 0 Å². The van der Waals surface area contributed by atoms with E-state index in [0.717, 1.165) is 0 Å². The van der Waals surface area contributed by atoms with Gasteiger partial charge in [0.05, 0.1) is 37.8 Å². The molecule has 0 aromatic carbocycles. The fraction of sp³-hybridized carbons (Fsp3) is 0.842. The molecule has 1 aliphatic heterocycles. The molecule has 182 valence electrons. The second-order valence-corrected chi connectivity index (χ2v) is 8.42. The molecule has 0 radical (unpaired) electrons. The highest BCUT2D eigenvalue weighted by atomic mass is 19.4. The number of rotatable bonds is 12. The lowest BCUT2D eigenvalue weighted by Crippen LogP contribution is -2.56. The summed E-state index contributed by atoms with van der Waals surface area (Å²) in [5, 5.41) is 32.3. The van der Waals surface area contributed by atoms with Gasteiger partial charge in [0, 0.05) is 6.54 Å². The molecule has 1 aliphatic rings. The van der Waals surface area contributed by atoms with E-state index >= 15 is 0 Å². The molecule has 1 fully saturated rings. The van der Waals surface area contributed by atoms with E-state index in [2.05, 4.69) is 10.6 Å². The van der Waals surface area contributed by atoms with E-state index in [0.29, 0.717) is 19.4 Å². The normalized spacial score (nSPS) is 19.4. The Morgan fingerprint density at radius 1 is 1.31 bits per heavy atom. The van der Waals surface area contributed by atoms with Crippen molar-refractivity contribution in [1.82, 2.24) is 15.5 Å². The van der Waals surface area contributed by atoms with Crippen LogP contribution in [0.15, 0.2) is 0 Å². The zero-order valence-corrected chi connectivity index (χ0v) is 18.6. The van der Waals surface area contributed by atoms with Crippen molar-refractivity contribution in [2.75, 3.05) is 26.3 Å². The lowest BCUT2D eigenvalue weighted by atomic mass is 9.75. The molecule has 0 aromatic heterocycles. The summed E-state index contributed by atoms with van der Waals surface area (Å²) >= 11 is 0. The van der Waals surface area contributed by atoms with E-state index < -0.39 is 50.3 Å². The summed E-state index contributed by atoms with van der Waals surface area (Å²) in [5.74, 6) is -3.05. The van der Waals surface area contributed by atoms with Crippen molar-refractivity contribution >= 4 is 18.9 Å². The van der Waals surface area contributed by atoms with Crippen LogP contribution in [0, 0.1) is 23.2 Å². The summed E-state index contributed by atoms with van der Waals surface area (Å²) in [5.41, 5.74) is 0. The third-order valence-electron chi connectivity index (χ3n) is 5.10. The molecule has 4 N–H and O–H groups in total. The van der Waals surface area contributed by atoms with E-state index in [9.17, 15) is 32.8 Å². The molecule has 0 aromatic rings. The van der Waals surface area contributed by atoms with Crippen LogP contribution in [0.3, 0.4) is 0 Å². The molecule has 0 spiro atoms. The predicted molar refractivity (Wildman–Crippen MR) is 110 cm³/mol. The number of nitrogens with one attached hydrogen (secondary N) is 2. The maximum absolute atomic E-state index is 12.7. The van der Waals surface area contributed by atoms with Crippen molar-refractivity contribution in [3.63, 3.8) is 0 Å². The van der Waals surface area contributed by atoms with Gasteiger partial charge in [-0.3, -0.25) is 14.9 Å². The van der Waals surface area contributed by atoms with Gasteiger partial charge in [-0.05, 0) is 32.1 Å². The summed E-state index contributed by atoms with van der Waals surface area (Å²) < 4.78 is 43.5. The van der Waals surface area contributed by atoms with Gasteiger partial charge in [-0.2, -0.15) is 18.4 Å². The minimum absolute atomic E-state index is 0.000581. The third kappa shape index (κ3) is 9.73. The molecular weight excluding hydrogens is 432 g/mol. The molecule has 2 amide bonds. The van der Waals surface area contributed by atoms with Crippen molar-refractivity contribution in [2.24, 2.45) is 11.8 Å². The zero-order chi connectivity index (χ0) is 24.5. The Morgan fingerprint density at radius 2 is 1.97 bits per heavy atom. The monoisotopic (exact) mass is 464 g/mol. The average molecular weight is 464 g/mol. The highest BCUT2D eigenvalue weighted by Gasteiger charge is 2.34. The first kappa shape index (κ1) is 28.2. The number of hydrogen-bond acceptors (Lipinski definition) is 7. The highest BCUT2D eigenvalue weighted by Crippen LogP contribution is 2.20. The molecule has 9 nitrogen and oxygen atoms in total. The van der Waals surface area contributed by atoms with Crippen LogP contribution >= 0.6 is 0 Å². The van der Waals surface area contributed by atoms with Crippen molar-refractivity contribution in [3.05, 3.63) is 0 Å². The Bertz CT molecular complexity index is 660. The second kappa shape index (κ2) is 13.0. The molecule has 0 saturated carbocycles. The fourth-order valence-corrected chi connectivity index (χ4v) is 3.44. The quantitative estimate of drug-likeness (QED) is 0.304. The van der Waals surface area contributed by atoms with Crippen molar-refractivity contribution in [1.29, 1.82) is 5.26 Å². The lowest BCUT2D eigenvalue weighted by molar-refractivity contribution is -0.138. The van der Waals surface area contributed by atoms with Crippen LogP contribution < -0.4 is 10.6 Å². The number of alkyl halides is 3. The number of amides is 2. The first-order valence-corrected chi connectivity index (χ1v) is 10.6. The summed E-state index contributed by atoms with van der Waals surface area (Å²) in [4.78, 5) is 26.3. The smallest absolute Gasteiger partial charge is 0.426 e. The van der Waals surface area contributed by atoms with Gasteiger partial charge in [0.15, 0.2) is 0 Å². The molecular formula is C19H32BF3N4O5. The topological polar surface area (TPSA) is 135 Å². The van der Waals surface area contributed by atoms with Crippen LogP contribution in [-0.4, -0.2) is 84.4 Å². The minimum atomic E-state index is -4.56. The first-order chi connectivity index (χ1) is 14.9. The molecule has 4 atom stereocenters. The first-order valence-electron chi connectivity index (χ1n) is 10.6. The van der Waals surface area contributed by atoms with Crippen LogP contribution in [0.4, 0.5) is 13.2 Å². The minimum Gasteiger partial charge on any atom is -0.426 e. The van der Waals surface area contributed by atoms with E-state index in [4.69, 9.17) is 10.00 Å². The molecule has 32 heavy (non-hydrogen) atoms. The zero-order valence-electron chi connectivity index (χ0n) is 18.6. The highest BCUT2D eigenvalue weighted by molar-refractivity contribution is 6.43. The van der Waals surface area contributed by atoms with Gasteiger partial charge in [-0.25, -0.2) is 0 Å². The molecule has 0 aliphatic carbocycles. The summed E-state index contributed by atoms with van der Waals surface area (Å²) in [7, 11) is -1.87. The number of hydrogen-bond donors (Lipinski definition) is 4. The number of nitriles is 1. The maximum atomic E-state index is 12.7. The molecule has 13 heteroatoms. The van der Waals surface area contributed by atoms with Gasteiger partial charge in [0.25, 0.3) is 0 Å². The van der Waals surface area contributed by atoms with Crippen molar-refractivity contribution in [3.8, 4) is 6.07 Å². The van der Waals surface area contributed by atoms with Gasteiger partial charge in [0.1, 0.15) is 12.0 Å². The van der Waals surface area contributed by atoms with Crippen molar-refractivity contribution in [2.45, 2.75) is 64.2 Å². The lowest BCUT2D eigenvalue weighted by Gasteiger charge is -2.27. The van der Waals surface area contributed by atoms with E-state index in [1.807, 2.05) is 6.07 Å². The molecule has 1 heterocycles. The van der Waals surface area contributed by atoms with Crippen LogP contribution in [0.1, 0.15) is 40.0 Å². The van der Waals surface area contributed by atoms with E-state index in [-0.39, 0.29) is 30.9 Å². The Balaban J connectivity index is 2.75. The molecule has 0 bridgehead atoms. The number of carbonyl (C=O) groups is 2. The van der Waals surface area contributed by atoms with Crippen LogP contribution in [0.2, 0.25) is 0 Å². The standard InChI is InChI=1S/C19H32BF3N4O5/c1-12(2)7-16(20(30)31)26-17(28)15(25-11-19(21,22)23)10-32-9-14-5-4-6-27(14)18(29)13(3)8-24/h12-16,25,30-31H,4-7,9-11H2,1-3H3,(H,26,28)/t13?,14-,15+,16+/m1/s1. The van der Waals surface area contributed by atoms with Gasteiger partial charge < -0.3 is 25.0 Å². The largest absolute Gasteiger partial charge is 0.475 e. The van der Waals surface area contributed by atoms with Crippen LogP contribution in [-0.2, 0) is 14.3 Å². The third-order valence-corrected chi connectivity index (χ3v) is 5.10. The van der Waals surface area contributed by atoms with Crippen LogP contribution in [0.25, 0.3) is 0 Å².